The summed E-state index contributed by atoms with van der Waals surface area (Å²) in [6, 6.07) is 0. The Hall–Kier alpha value is -0.900. The Kier molecular flexibility index (Phi) is 7.02. The molecular formula is C23H43NO3. The van der Waals surface area contributed by atoms with E-state index < -0.39 is 0 Å². The van der Waals surface area contributed by atoms with Gasteiger partial charge in [0.15, 0.2) is 0 Å². The van der Waals surface area contributed by atoms with Gasteiger partial charge in [-0.1, -0.05) is 68.7 Å². The average Bonchev–Trinajstić information content (AvgIpc) is 2.69. The number of carbonyl (C=O) groups is 2. The maximum atomic E-state index is 12.5. The van der Waals surface area contributed by atoms with Crippen molar-refractivity contribution in [1.29, 1.82) is 0 Å². The van der Waals surface area contributed by atoms with Gasteiger partial charge in [-0.3, -0.25) is 9.59 Å². The zero-order chi connectivity index (χ0) is 21.4. The minimum Gasteiger partial charge on any atom is -0.393 e. The molecule has 0 radical (unpaired) electrons. The molecule has 0 aliphatic carbocycles. The first-order chi connectivity index (χ1) is 11.9. The van der Waals surface area contributed by atoms with E-state index in [1.807, 2.05) is 20.8 Å². The summed E-state index contributed by atoms with van der Waals surface area (Å²) in [5.41, 5.74) is 6.31. The van der Waals surface area contributed by atoms with Crippen molar-refractivity contribution in [3.63, 3.8) is 0 Å². The van der Waals surface area contributed by atoms with Crippen LogP contribution in [-0.2, 0) is 14.3 Å². The Morgan fingerprint density at radius 1 is 0.963 bits per heavy atom. The first kappa shape index (κ1) is 24.1. The van der Waals surface area contributed by atoms with Gasteiger partial charge in [0.05, 0.1) is 11.8 Å². The van der Waals surface area contributed by atoms with Crippen LogP contribution in [0.5, 0.6) is 0 Å². The molecule has 0 aromatic heterocycles. The Labute approximate surface area is 167 Å². The van der Waals surface area contributed by atoms with Gasteiger partial charge >= 0.3 is 11.9 Å². The minimum absolute atomic E-state index is 0.00859. The molecular weight excluding hydrogens is 338 g/mol. The maximum Gasteiger partial charge on any atom is 0.318 e. The first-order valence-corrected chi connectivity index (χ1v) is 10.4. The van der Waals surface area contributed by atoms with Crippen LogP contribution in [-0.4, -0.2) is 17.5 Å². The fourth-order valence-electron chi connectivity index (χ4n) is 4.63. The average molecular weight is 382 g/mol. The van der Waals surface area contributed by atoms with Crippen molar-refractivity contribution in [3.8, 4) is 0 Å². The second-order valence-corrected chi connectivity index (χ2v) is 12.0. The third-order valence-electron chi connectivity index (χ3n) is 6.41. The molecule has 0 bridgehead atoms. The van der Waals surface area contributed by atoms with Gasteiger partial charge in [-0.25, -0.2) is 0 Å². The van der Waals surface area contributed by atoms with Gasteiger partial charge in [-0.05, 0) is 48.3 Å². The van der Waals surface area contributed by atoms with Gasteiger partial charge in [-0.2, -0.15) is 0 Å². The molecule has 4 unspecified atom stereocenters. The van der Waals surface area contributed by atoms with Crippen molar-refractivity contribution >= 4 is 11.9 Å². The van der Waals surface area contributed by atoms with E-state index in [-0.39, 0.29) is 51.5 Å². The number of hydrogen-bond acceptors (Lipinski definition) is 4. The number of esters is 2. The van der Waals surface area contributed by atoms with E-state index in [1.165, 1.54) is 0 Å². The third kappa shape index (κ3) is 6.58. The van der Waals surface area contributed by atoms with Gasteiger partial charge in [0.2, 0.25) is 0 Å². The summed E-state index contributed by atoms with van der Waals surface area (Å²) in [7, 11) is 0. The van der Waals surface area contributed by atoms with Crippen molar-refractivity contribution in [2.75, 3.05) is 0 Å². The number of carbonyl (C=O) groups excluding carboxylic acids is 2. The summed E-state index contributed by atoms with van der Waals surface area (Å²) in [6.45, 7) is 21.5. The topological polar surface area (TPSA) is 69.4 Å². The highest BCUT2D eigenvalue weighted by Crippen LogP contribution is 2.46. The second-order valence-electron chi connectivity index (χ2n) is 12.0. The minimum atomic E-state index is -0.383. The molecule has 2 N–H and O–H groups in total. The second kappa shape index (κ2) is 7.85. The normalized spacial score (nSPS) is 25.3. The Morgan fingerprint density at radius 2 is 1.48 bits per heavy atom. The van der Waals surface area contributed by atoms with Gasteiger partial charge in [0, 0.05) is 5.54 Å². The monoisotopic (exact) mass is 381 g/mol. The highest BCUT2D eigenvalue weighted by molar-refractivity contribution is 5.96. The quantitative estimate of drug-likeness (QED) is 0.478. The van der Waals surface area contributed by atoms with Crippen LogP contribution in [0.1, 0.15) is 94.9 Å². The van der Waals surface area contributed by atoms with E-state index in [1.54, 1.807) is 0 Å². The van der Waals surface area contributed by atoms with Crippen LogP contribution in [0.2, 0.25) is 0 Å². The molecule has 4 heteroatoms. The van der Waals surface area contributed by atoms with E-state index in [4.69, 9.17) is 10.5 Å². The number of nitrogens with two attached hydrogens (primary N) is 1. The summed E-state index contributed by atoms with van der Waals surface area (Å²) >= 11 is 0. The van der Waals surface area contributed by atoms with Crippen molar-refractivity contribution < 1.29 is 14.3 Å². The lowest BCUT2D eigenvalue weighted by molar-refractivity contribution is -0.154. The van der Waals surface area contributed by atoms with Crippen LogP contribution in [0, 0.1) is 34.0 Å². The smallest absolute Gasteiger partial charge is 0.318 e. The highest BCUT2D eigenvalue weighted by atomic mass is 16.6. The molecule has 158 valence electrons. The largest absolute Gasteiger partial charge is 0.393 e. The lowest BCUT2D eigenvalue weighted by atomic mass is 9.64. The van der Waals surface area contributed by atoms with Crippen LogP contribution < -0.4 is 5.73 Å². The van der Waals surface area contributed by atoms with Gasteiger partial charge in [-0.15, -0.1) is 0 Å². The van der Waals surface area contributed by atoms with Crippen LogP contribution >= 0.6 is 0 Å². The van der Waals surface area contributed by atoms with Crippen LogP contribution in [0.25, 0.3) is 0 Å². The number of cyclic esters (lactones) is 2. The molecule has 1 aliphatic heterocycles. The van der Waals surface area contributed by atoms with Crippen molar-refractivity contribution in [2.45, 2.75) is 100 Å². The van der Waals surface area contributed by atoms with Gasteiger partial charge in [0.25, 0.3) is 0 Å². The predicted molar refractivity (Wildman–Crippen MR) is 111 cm³/mol. The van der Waals surface area contributed by atoms with Crippen LogP contribution in [0.15, 0.2) is 0 Å². The van der Waals surface area contributed by atoms with Crippen LogP contribution in [0.3, 0.4) is 0 Å². The molecule has 1 heterocycles. The SMILES string of the molecule is CCC(C)(C)CC(C)(N)CC(CC1C(=O)OC(=O)C1C(C)(C)C)C(C)(C)C. The third-order valence-corrected chi connectivity index (χ3v) is 6.41. The van der Waals surface area contributed by atoms with Gasteiger partial charge in [0.1, 0.15) is 0 Å². The zero-order valence-electron chi connectivity index (χ0n) is 19.4. The fourth-order valence-corrected chi connectivity index (χ4v) is 4.63. The summed E-state index contributed by atoms with van der Waals surface area (Å²) in [5, 5.41) is 0. The van der Waals surface area contributed by atoms with Crippen molar-refractivity contribution in [3.05, 3.63) is 0 Å². The number of rotatable bonds is 7. The molecule has 0 aromatic rings. The summed E-state index contributed by atoms with van der Waals surface area (Å²) in [5.74, 6) is -1.26. The fraction of sp³-hybridized carbons (Fsp3) is 0.913. The highest BCUT2D eigenvalue weighted by Gasteiger charge is 2.51. The zero-order valence-corrected chi connectivity index (χ0v) is 19.4. The van der Waals surface area contributed by atoms with E-state index in [2.05, 4.69) is 48.5 Å². The van der Waals surface area contributed by atoms with Crippen LogP contribution in [0.4, 0.5) is 0 Å². The summed E-state index contributed by atoms with van der Waals surface area (Å²) in [4.78, 5) is 24.8. The molecule has 1 saturated heterocycles. The molecule has 0 aromatic carbocycles. The molecule has 1 rings (SSSR count). The first-order valence-electron chi connectivity index (χ1n) is 10.4. The predicted octanol–water partition coefficient (Wildman–Crippen LogP) is 5.33. The molecule has 27 heavy (non-hydrogen) atoms. The molecule has 1 fully saturated rings. The molecule has 0 spiro atoms. The maximum absolute atomic E-state index is 12.5. The van der Waals surface area contributed by atoms with E-state index in [0.717, 1.165) is 19.3 Å². The summed E-state index contributed by atoms with van der Waals surface area (Å²) in [6.07, 6.45) is 3.49. The Morgan fingerprint density at radius 3 is 1.89 bits per heavy atom. The molecule has 1 aliphatic rings. The van der Waals surface area contributed by atoms with Crippen molar-refractivity contribution in [1.82, 2.24) is 0 Å². The molecule has 4 atom stereocenters. The lowest BCUT2D eigenvalue weighted by Crippen LogP contribution is -2.45. The van der Waals surface area contributed by atoms with E-state index in [9.17, 15) is 9.59 Å². The van der Waals surface area contributed by atoms with Gasteiger partial charge < -0.3 is 10.5 Å². The Bertz CT molecular complexity index is 549. The van der Waals surface area contributed by atoms with E-state index >= 15 is 0 Å². The molecule has 4 nitrogen and oxygen atoms in total. The number of hydrogen-bond donors (Lipinski definition) is 1. The summed E-state index contributed by atoms with van der Waals surface area (Å²) < 4.78 is 5.05. The molecule has 0 amide bonds. The number of ether oxygens (including phenoxy) is 1. The lowest BCUT2D eigenvalue weighted by Gasteiger charge is -2.42. The Balaban J connectivity index is 3.08. The molecule has 0 saturated carbocycles. The van der Waals surface area contributed by atoms with E-state index in [0.29, 0.717) is 6.42 Å². The van der Waals surface area contributed by atoms with Crippen molar-refractivity contribution in [2.24, 2.45) is 39.7 Å². The standard InChI is InChI=1S/C23H43NO3/c1-11-22(8,9)14-23(10,24)13-15(20(2,3)4)12-16-17(21(5,6)7)19(26)27-18(16)25/h15-17H,11-14,24H2,1-10H3.